The van der Waals surface area contributed by atoms with Crippen LogP contribution in [0, 0.1) is 11.3 Å². The number of carbonyl (C=O) groups excluding carboxylic acids is 2. The van der Waals surface area contributed by atoms with Crippen molar-refractivity contribution in [2.24, 2.45) is 0 Å². The highest BCUT2D eigenvalue weighted by Crippen LogP contribution is 2.37. The largest absolute Gasteiger partial charge is 0.342 e. The lowest BCUT2D eigenvalue weighted by molar-refractivity contribution is -0.133. The molecular weight excluding hydrogens is 410 g/mol. The minimum atomic E-state index is -0.269. The number of rotatable bonds is 7. The van der Waals surface area contributed by atoms with Gasteiger partial charge in [0.2, 0.25) is 11.8 Å². The number of piperazine rings is 1. The number of amides is 2. The van der Waals surface area contributed by atoms with Gasteiger partial charge < -0.3 is 10.2 Å². The summed E-state index contributed by atoms with van der Waals surface area (Å²) in [7, 11) is 0. The van der Waals surface area contributed by atoms with Gasteiger partial charge in [-0.3, -0.25) is 19.4 Å². The molecule has 0 aromatic carbocycles. The van der Waals surface area contributed by atoms with Crippen molar-refractivity contribution in [2.75, 3.05) is 51.1 Å². The van der Waals surface area contributed by atoms with Gasteiger partial charge in [0.25, 0.3) is 0 Å². The third-order valence-corrected chi connectivity index (χ3v) is 7.79. The number of likely N-dealkylation sites (N-methyl/N-ethyl adjacent to an activating group) is 1. The molecule has 0 spiro atoms. The highest BCUT2D eigenvalue weighted by atomic mass is 32.1. The Bertz CT molecular complexity index is 819. The second-order valence-corrected chi connectivity index (χ2v) is 9.53. The molecule has 0 radical (unpaired) electrons. The number of thiophene rings is 1. The van der Waals surface area contributed by atoms with Crippen molar-refractivity contribution in [3.05, 3.63) is 16.0 Å². The number of fused-ring (bicyclic) bond motifs is 1. The fourth-order valence-electron chi connectivity index (χ4n) is 4.51. The lowest BCUT2D eigenvalue weighted by Gasteiger charge is -2.37. The van der Waals surface area contributed by atoms with Crippen molar-refractivity contribution in [1.82, 2.24) is 14.7 Å². The van der Waals surface area contributed by atoms with Crippen molar-refractivity contribution in [3.63, 3.8) is 0 Å². The Kier molecular flexibility index (Phi) is 8.47. The molecule has 1 unspecified atom stereocenters. The van der Waals surface area contributed by atoms with E-state index in [9.17, 15) is 14.9 Å². The van der Waals surface area contributed by atoms with Crippen LogP contribution in [0.25, 0.3) is 0 Å². The first kappa shape index (κ1) is 23.7. The van der Waals surface area contributed by atoms with E-state index in [-0.39, 0.29) is 17.9 Å². The Morgan fingerprint density at radius 3 is 2.45 bits per heavy atom. The molecule has 1 aliphatic carbocycles. The molecular formula is C23H35N5O2S. The molecule has 0 bridgehead atoms. The van der Waals surface area contributed by atoms with Gasteiger partial charge in [-0.15, -0.1) is 11.3 Å². The average molecular weight is 446 g/mol. The Labute approximate surface area is 190 Å². The summed E-state index contributed by atoms with van der Waals surface area (Å²) in [5.41, 5.74) is 1.82. The van der Waals surface area contributed by atoms with Crippen LogP contribution >= 0.6 is 11.3 Å². The third-order valence-electron chi connectivity index (χ3n) is 6.58. The zero-order valence-electron chi connectivity index (χ0n) is 19.1. The second-order valence-electron chi connectivity index (χ2n) is 8.42. The first-order valence-corrected chi connectivity index (χ1v) is 12.4. The first-order valence-electron chi connectivity index (χ1n) is 11.6. The summed E-state index contributed by atoms with van der Waals surface area (Å²) in [6.45, 7) is 10.9. The van der Waals surface area contributed by atoms with Gasteiger partial charge >= 0.3 is 0 Å². The van der Waals surface area contributed by atoms with Crippen LogP contribution in [-0.2, 0) is 22.4 Å². The van der Waals surface area contributed by atoms with E-state index in [2.05, 4.69) is 21.2 Å². The van der Waals surface area contributed by atoms with Crippen LogP contribution in [0.2, 0.25) is 0 Å². The summed E-state index contributed by atoms with van der Waals surface area (Å²) in [6.07, 6.45) is 5.42. The maximum Gasteiger partial charge on any atom is 0.242 e. The number of nitrogens with one attached hydrogen (secondary N) is 1. The summed E-state index contributed by atoms with van der Waals surface area (Å²) in [5.74, 6) is 0.117. The van der Waals surface area contributed by atoms with E-state index in [1.165, 1.54) is 11.3 Å². The SMILES string of the molecule is CCN(CC)C(=O)CN1CCN(C(C)C(=O)Nc2sc3c(c2C#N)CCCCC3)CC1. The topological polar surface area (TPSA) is 79.7 Å². The fourth-order valence-corrected chi connectivity index (χ4v) is 5.75. The molecule has 170 valence electrons. The lowest BCUT2D eigenvalue weighted by Crippen LogP contribution is -2.54. The van der Waals surface area contributed by atoms with Crippen molar-refractivity contribution in [2.45, 2.75) is 58.9 Å². The van der Waals surface area contributed by atoms with Crippen molar-refractivity contribution in [3.8, 4) is 6.07 Å². The predicted molar refractivity (Wildman–Crippen MR) is 124 cm³/mol. The van der Waals surface area contributed by atoms with Gasteiger partial charge in [0.1, 0.15) is 11.1 Å². The number of carbonyl (C=O) groups is 2. The molecule has 1 aromatic heterocycles. The van der Waals surface area contributed by atoms with Crippen molar-refractivity contribution in [1.29, 1.82) is 5.26 Å². The van der Waals surface area contributed by atoms with Crippen LogP contribution in [0.4, 0.5) is 5.00 Å². The fraction of sp³-hybridized carbons (Fsp3) is 0.696. The Morgan fingerprint density at radius 2 is 1.81 bits per heavy atom. The minimum absolute atomic E-state index is 0.0550. The van der Waals surface area contributed by atoms with Crippen molar-refractivity contribution < 1.29 is 9.59 Å². The summed E-state index contributed by atoms with van der Waals surface area (Å²) in [6, 6.07) is 2.07. The molecule has 1 atom stereocenters. The zero-order chi connectivity index (χ0) is 22.4. The first-order chi connectivity index (χ1) is 15.0. The lowest BCUT2D eigenvalue weighted by atomic mass is 10.1. The smallest absolute Gasteiger partial charge is 0.242 e. The van der Waals surface area contributed by atoms with Crippen LogP contribution in [0.15, 0.2) is 0 Å². The monoisotopic (exact) mass is 445 g/mol. The number of nitriles is 1. The van der Waals surface area contributed by atoms with Crippen LogP contribution in [0.1, 0.15) is 56.0 Å². The summed E-state index contributed by atoms with van der Waals surface area (Å²) < 4.78 is 0. The van der Waals surface area contributed by atoms with Gasteiger partial charge in [0.15, 0.2) is 0 Å². The number of hydrogen-bond donors (Lipinski definition) is 1. The summed E-state index contributed by atoms with van der Waals surface area (Å²) in [5, 5.41) is 13.5. The molecule has 8 heteroatoms. The van der Waals surface area contributed by atoms with Gasteiger partial charge in [0, 0.05) is 44.1 Å². The molecule has 31 heavy (non-hydrogen) atoms. The van der Waals surface area contributed by atoms with Crippen LogP contribution < -0.4 is 5.32 Å². The molecule has 2 heterocycles. The van der Waals surface area contributed by atoms with Crippen LogP contribution in [0.3, 0.4) is 0 Å². The average Bonchev–Trinajstić information content (AvgIpc) is 2.93. The molecule has 7 nitrogen and oxygen atoms in total. The van der Waals surface area contributed by atoms with E-state index in [0.29, 0.717) is 12.1 Å². The molecule has 1 aliphatic heterocycles. The molecule has 3 rings (SSSR count). The molecule has 1 aromatic rings. The molecule has 0 saturated carbocycles. The Hall–Kier alpha value is -1.95. The Morgan fingerprint density at radius 1 is 1.13 bits per heavy atom. The van der Waals surface area contributed by atoms with E-state index < -0.39 is 0 Å². The summed E-state index contributed by atoms with van der Waals surface area (Å²) >= 11 is 1.58. The molecule has 1 saturated heterocycles. The van der Waals surface area contributed by atoms with Gasteiger partial charge in [-0.25, -0.2) is 0 Å². The van der Waals surface area contributed by atoms with Gasteiger partial charge in [-0.05, 0) is 52.0 Å². The zero-order valence-corrected chi connectivity index (χ0v) is 19.9. The van der Waals surface area contributed by atoms with Gasteiger partial charge in [0.05, 0.1) is 18.2 Å². The Balaban J connectivity index is 1.55. The molecule has 1 fully saturated rings. The third kappa shape index (κ3) is 5.65. The maximum atomic E-state index is 13.0. The van der Waals surface area contributed by atoms with Crippen LogP contribution in [-0.4, -0.2) is 78.4 Å². The molecule has 2 amide bonds. The number of hydrogen-bond acceptors (Lipinski definition) is 6. The van der Waals surface area contributed by atoms with E-state index in [0.717, 1.165) is 75.5 Å². The van der Waals surface area contributed by atoms with Crippen LogP contribution in [0.5, 0.6) is 0 Å². The summed E-state index contributed by atoms with van der Waals surface area (Å²) in [4.78, 5) is 32.8. The molecule has 1 N–H and O–H groups in total. The normalized spacial score (nSPS) is 18.5. The van der Waals surface area contributed by atoms with Gasteiger partial charge in [-0.2, -0.15) is 5.26 Å². The van der Waals surface area contributed by atoms with Crippen molar-refractivity contribution >= 4 is 28.2 Å². The maximum absolute atomic E-state index is 13.0. The molecule has 2 aliphatic rings. The highest BCUT2D eigenvalue weighted by Gasteiger charge is 2.28. The second kappa shape index (κ2) is 11.1. The minimum Gasteiger partial charge on any atom is -0.342 e. The van der Waals surface area contributed by atoms with E-state index >= 15 is 0 Å². The number of aryl methyl sites for hydroxylation is 1. The number of anilines is 1. The standard InChI is InChI=1S/C23H35N5O2S/c1-4-27(5-2)21(29)16-26-11-13-28(14-12-26)17(3)22(30)25-23-19(15-24)18-9-7-6-8-10-20(18)31-23/h17H,4-14,16H2,1-3H3,(H,25,30). The van der Waals surface area contributed by atoms with Gasteiger partial charge in [-0.1, -0.05) is 6.42 Å². The predicted octanol–water partition coefficient (Wildman–Crippen LogP) is 2.70. The van der Waals surface area contributed by atoms with E-state index in [1.807, 2.05) is 25.7 Å². The highest BCUT2D eigenvalue weighted by molar-refractivity contribution is 7.16. The number of nitrogens with zero attached hydrogens (tertiary/aromatic N) is 4. The quantitative estimate of drug-likeness (QED) is 0.653. The van der Waals surface area contributed by atoms with E-state index in [4.69, 9.17) is 0 Å². The van der Waals surface area contributed by atoms with E-state index in [1.54, 1.807) is 11.3 Å².